The minimum Gasteiger partial charge on any atom is -0.233 e. The minimum atomic E-state index is -4.02. The molecule has 0 aliphatic heterocycles. The van der Waals surface area contributed by atoms with Gasteiger partial charge in [-0.1, -0.05) is 90.3 Å². The molecule has 4 heteroatoms. The highest BCUT2D eigenvalue weighted by Crippen LogP contribution is 2.48. The third-order valence-electron chi connectivity index (χ3n) is 6.81. The summed E-state index contributed by atoms with van der Waals surface area (Å²) in [6, 6.07) is 15.4. The molecule has 6 aromatic rings. The lowest BCUT2D eigenvalue weighted by atomic mass is 9.88. The van der Waals surface area contributed by atoms with Crippen molar-refractivity contribution < 1.29 is 19.4 Å². The van der Waals surface area contributed by atoms with Crippen molar-refractivity contribution >= 4 is 31.8 Å². The maximum Gasteiger partial charge on any atom is 0.268 e. The SMILES string of the molecule is [2H]c1c([2H])c([2H])c2c(c1[2H])-c1c([2H])c([2H])c([2H])c([2H])c1C2c1ccc2c(c1)c1ccccc1n2S(=O)(=O)c1ccc(C)cc1. The Kier molecular flexibility index (Phi) is 3.07. The number of rotatable bonds is 3. The quantitative estimate of drug-likeness (QED) is 0.256. The number of nitrogens with zero attached hydrogens (tertiary/aromatic N) is 1. The smallest absolute Gasteiger partial charge is 0.233 e. The van der Waals surface area contributed by atoms with Gasteiger partial charge < -0.3 is 0 Å². The molecule has 0 unspecified atom stereocenters. The summed E-state index contributed by atoms with van der Waals surface area (Å²) in [5.41, 5.74) is 2.70. The Labute approximate surface area is 221 Å². The second kappa shape index (κ2) is 7.67. The zero-order chi connectivity index (χ0) is 31.4. The highest BCUT2D eigenvalue weighted by atomic mass is 32.2. The van der Waals surface area contributed by atoms with Gasteiger partial charge in [0.05, 0.1) is 26.9 Å². The van der Waals surface area contributed by atoms with E-state index in [1.54, 1.807) is 66.7 Å². The summed E-state index contributed by atoms with van der Waals surface area (Å²) in [5.74, 6) is -0.956. The summed E-state index contributed by atoms with van der Waals surface area (Å²) in [6.45, 7) is 1.87. The van der Waals surface area contributed by atoms with E-state index in [0.29, 0.717) is 27.4 Å². The van der Waals surface area contributed by atoms with E-state index in [1.807, 2.05) is 6.92 Å². The van der Waals surface area contributed by atoms with Crippen LogP contribution in [0, 0.1) is 6.92 Å². The molecule has 0 radical (unpaired) electrons. The van der Waals surface area contributed by atoms with Crippen LogP contribution in [0.15, 0.2) is 120 Å². The zero-order valence-electron chi connectivity index (χ0n) is 27.1. The molecular weight excluding hydrogens is 462 g/mol. The van der Waals surface area contributed by atoms with Gasteiger partial charge in [0, 0.05) is 16.7 Å². The van der Waals surface area contributed by atoms with Crippen molar-refractivity contribution in [1.82, 2.24) is 3.97 Å². The maximum absolute atomic E-state index is 14.0. The molecule has 0 bridgehead atoms. The normalized spacial score (nSPS) is 16.4. The van der Waals surface area contributed by atoms with E-state index < -0.39 is 40.1 Å². The van der Waals surface area contributed by atoms with Crippen molar-refractivity contribution in [3.05, 3.63) is 137 Å². The van der Waals surface area contributed by atoms with Gasteiger partial charge in [0.25, 0.3) is 10.0 Å². The van der Waals surface area contributed by atoms with Crippen LogP contribution in [0.4, 0.5) is 0 Å². The van der Waals surface area contributed by atoms with Crippen molar-refractivity contribution in [3.63, 3.8) is 0 Å². The molecular formula is C32H23NO2S. The highest BCUT2D eigenvalue weighted by molar-refractivity contribution is 7.90. The number of benzene rings is 5. The number of aryl methyl sites for hydroxylation is 1. The fourth-order valence-electron chi connectivity index (χ4n) is 5.16. The van der Waals surface area contributed by atoms with Crippen LogP contribution < -0.4 is 0 Å². The molecule has 1 aromatic heterocycles. The van der Waals surface area contributed by atoms with E-state index in [0.717, 1.165) is 5.56 Å². The topological polar surface area (TPSA) is 39.1 Å². The lowest BCUT2D eigenvalue weighted by Crippen LogP contribution is -2.12. The minimum absolute atomic E-state index is 0.0486. The van der Waals surface area contributed by atoms with Crippen molar-refractivity contribution in [2.24, 2.45) is 0 Å². The number of aromatic nitrogens is 1. The van der Waals surface area contributed by atoms with Gasteiger partial charge in [0.1, 0.15) is 0 Å². The lowest BCUT2D eigenvalue weighted by molar-refractivity contribution is 0.590. The molecule has 0 atom stereocenters. The fourth-order valence-corrected chi connectivity index (χ4v) is 6.69. The Morgan fingerprint density at radius 3 is 2.03 bits per heavy atom. The molecule has 0 saturated carbocycles. The van der Waals surface area contributed by atoms with E-state index >= 15 is 0 Å². The molecule has 1 heterocycles. The monoisotopic (exact) mass is 493 g/mol. The van der Waals surface area contributed by atoms with Crippen LogP contribution in [0.25, 0.3) is 32.9 Å². The number of para-hydroxylation sites is 1. The summed E-state index contributed by atoms with van der Waals surface area (Å²) in [5, 5.41) is 1.22. The molecule has 3 nitrogen and oxygen atoms in total. The average Bonchev–Trinajstić information content (AvgIpc) is 3.55. The molecule has 174 valence electrons. The predicted molar refractivity (Wildman–Crippen MR) is 146 cm³/mol. The molecule has 0 spiro atoms. The number of hydrogen-bond donors (Lipinski definition) is 0. The number of fused-ring (bicyclic) bond motifs is 6. The molecule has 36 heavy (non-hydrogen) atoms. The second-order valence-corrected chi connectivity index (χ2v) is 10.7. The Hall–Kier alpha value is -4.15. The molecule has 0 N–H and O–H groups in total. The Morgan fingerprint density at radius 2 is 1.33 bits per heavy atom. The first-order chi connectivity index (χ1) is 20.9. The van der Waals surface area contributed by atoms with Gasteiger partial charge in [-0.15, -0.1) is 0 Å². The third-order valence-corrected chi connectivity index (χ3v) is 8.55. The zero-order valence-corrected chi connectivity index (χ0v) is 19.9. The van der Waals surface area contributed by atoms with Crippen LogP contribution in [0.3, 0.4) is 0 Å². The van der Waals surface area contributed by atoms with E-state index in [1.165, 1.54) is 3.97 Å². The van der Waals surface area contributed by atoms with Gasteiger partial charge in [-0.05, 0) is 65.1 Å². The van der Waals surface area contributed by atoms with Crippen LogP contribution in [0.5, 0.6) is 0 Å². The first-order valence-corrected chi connectivity index (χ1v) is 12.9. The first kappa shape index (κ1) is 14.4. The van der Waals surface area contributed by atoms with Gasteiger partial charge in [0.15, 0.2) is 0 Å². The molecule has 1 aliphatic carbocycles. The third kappa shape index (κ3) is 2.94. The molecule has 5 aromatic carbocycles. The lowest BCUT2D eigenvalue weighted by Gasteiger charge is -2.15. The standard InChI is InChI=1S/C32H23NO2S/c1-21-14-17-23(18-15-21)36(34,35)33-30-13-7-6-10-26(30)29-20-22(16-19-31(29)33)32-27-11-4-2-8-24(27)25-9-3-5-12-28(25)32/h2-20,32H,1H3/i2D,3D,4D,5D,8D,9D,11D,12D. The summed E-state index contributed by atoms with van der Waals surface area (Å²) in [4.78, 5) is 0.125. The van der Waals surface area contributed by atoms with Crippen LogP contribution in [0.1, 0.15) is 39.1 Å². The average molecular weight is 494 g/mol. The van der Waals surface area contributed by atoms with Crippen LogP contribution >= 0.6 is 0 Å². The molecule has 0 fully saturated rings. The first-order valence-electron chi connectivity index (χ1n) is 15.4. The van der Waals surface area contributed by atoms with Gasteiger partial charge >= 0.3 is 0 Å². The van der Waals surface area contributed by atoms with Gasteiger partial charge in [-0.25, -0.2) is 12.4 Å². The van der Waals surface area contributed by atoms with Crippen molar-refractivity contribution in [3.8, 4) is 11.1 Å². The van der Waals surface area contributed by atoms with E-state index in [2.05, 4.69) is 0 Å². The van der Waals surface area contributed by atoms with Gasteiger partial charge in [0.2, 0.25) is 0 Å². The molecule has 7 rings (SSSR count). The van der Waals surface area contributed by atoms with Crippen LogP contribution in [-0.4, -0.2) is 12.4 Å². The molecule has 0 saturated heterocycles. The maximum atomic E-state index is 14.0. The summed E-state index contributed by atoms with van der Waals surface area (Å²) in [7, 11) is -4.02. The van der Waals surface area contributed by atoms with E-state index in [-0.39, 0.29) is 51.3 Å². The largest absolute Gasteiger partial charge is 0.268 e. The van der Waals surface area contributed by atoms with Crippen molar-refractivity contribution in [2.75, 3.05) is 0 Å². The second-order valence-electron chi connectivity index (χ2n) is 8.89. The Morgan fingerprint density at radius 1 is 0.722 bits per heavy atom. The van der Waals surface area contributed by atoms with Gasteiger partial charge in [-0.3, -0.25) is 0 Å². The predicted octanol–water partition coefficient (Wildman–Crippen LogP) is 7.50. The highest BCUT2D eigenvalue weighted by Gasteiger charge is 2.30. The number of hydrogen-bond acceptors (Lipinski definition) is 2. The summed E-state index contributed by atoms with van der Waals surface area (Å²) >= 11 is 0. The Bertz CT molecular complexity index is 2280. The molecule has 1 aliphatic rings. The molecule has 0 amide bonds. The summed E-state index contributed by atoms with van der Waals surface area (Å²) in [6.07, 6.45) is 0. The fraction of sp³-hybridized carbons (Fsp3) is 0.0625. The van der Waals surface area contributed by atoms with Crippen molar-refractivity contribution in [1.29, 1.82) is 0 Å². The van der Waals surface area contributed by atoms with Crippen molar-refractivity contribution in [2.45, 2.75) is 17.7 Å². The summed E-state index contributed by atoms with van der Waals surface area (Å²) < 4.78 is 97.6. The van der Waals surface area contributed by atoms with Gasteiger partial charge in [-0.2, -0.15) is 0 Å². The van der Waals surface area contributed by atoms with Crippen LogP contribution in [-0.2, 0) is 10.0 Å². The van der Waals surface area contributed by atoms with Crippen LogP contribution in [0.2, 0.25) is 0 Å². The Balaban J connectivity index is 1.57. The van der Waals surface area contributed by atoms with E-state index in [4.69, 9.17) is 11.0 Å². The van der Waals surface area contributed by atoms with E-state index in [9.17, 15) is 8.42 Å².